The molecule has 0 spiro atoms. The van der Waals surface area contributed by atoms with E-state index < -0.39 is 0 Å². The van der Waals surface area contributed by atoms with E-state index >= 15 is 0 Å². The largest absolute Gasteiger partial charge is 0.318 e. The second-order valence-electron chi connectivity index (χ2n) is 3.53. The van der Waals surface area contributed by atoms with Gasteiger partial charge in [-0.3, -0.25) is 9.78 Å². The van der Waals surface area contributed by atoms with Crippen LogP contribution in [0.25, 0.3) is 11.3 Å². The van der Waals surface area contributed by atoms with Crippen molar-refractivity contribution < 1.29 is 0 Å². The molecule has 15 heavy (non-hydrogen) atoms. The normalized spacial score (nSPS) is 10.3. The van der Waals surface area contributed by atoms with Crippen molar-refractivity contribution in [3.8, 4) is 11.3 Å². The molecule has 0 radical (unpaired) electrons. The Labute approximate surface area is 88.0 Å². The van der Waals surface area contributed by atoms with Crippen molar-refractivity contribution in [2.75, 3.05) is 0 Å². The molecule has 0 amide bonds. The van der Waals surface area contributed by atoms with E-state index in [-0.39, 0.29) is 5.56 Å². The maximum Gasteiger partial charge on any atom is 0.250 e. The molecule has 2 aromatic rings. The molecule has 0 saturated heterocycles. The predicted octanol–water partition coefficient (Wildman–Crippen LogP) is 1.76. The molecule has 76 valence electrons. The number of rotatable bonds is 1. The van der Waals surface area contributed by atoms with Gasteiger partial charge >= 0.3 is 0 Å². The lowest BCUT2D eigenvalue weighted by Crippen LogP contribution is -2.14. The van der Waals surface area contributed by atoms with Crippen molar-refractivity contribution in [1.82, 2.24) is 9.55 Å². The molecule has 0 aliphatic carbocycles. The minimum atomic E-state index is -0.00796. The SMILES string of the molecule is Cc1cccc(-c2ccc(=O)n(C)c2)n1. The Hall–Kier alpha value is -1.90. The summed E-state index contributed by atoms with van der Waals surface area (Å²) in [6.45, 7) is 1.95. The van der Waals surface area contributed by atoms with E-state index in [9.17, 15) is 4.79 Å². The number of aromatic nitrogens is 2. The van der Waals surface area contributed by atoms with E-state index in [4.69, 9.17) is 0 Å². The first-order chi connectivity index (χ1) is 7.16. The van der Waals surface area contributed by atoms with Crippen molar-refractivity contribution in [2.45, 2.75) is 6.92 Å². The van der Waals surface area contributed by atoms with Crippen LogP contribution in [0.4, 0.5) is 0 Å². The van der Waals surface area contributed by atoms with Gasteiger partial charge in [-0.25, -0.2) is 0 Å². The first kappa shape index (κ1) is 9.65. The van der Waals surface area contributed by atoms with Gasteiger partial charge in [0.2, 0.25) is 5.56 Å². The summed E-state index contributed by atoms with van der Waals surface area (Å²) in [5, 5.41) is 0. The van der Waals surface area contributed by atoms with Gasteiger partial charge in [0.15, 0.2) is 0 Å². The van der Waals surface area contributed by atoms with Crippen LogP contribution in [-0.2, 0) is 7.05 Å². The van der Waals surface area contributed by atoms with Crippen molar-refractivity contribution in [1.29, 1.82) is 0 Å². The Balaban J connectivity index is 2.55. The zero-order valence-electron chi connectivity index (χ0n) is 8.77. The molecule has 0 aliphatic rings. The summed E-state index contributed by atoms with van der Waals surface area (Å²) in [4.78, 5) is 15.6. The van der Waals surface area contributed by atoms with Crippen molar-refractivity contribution in [2.24, 2.45) is 7.05 Å². The molecule has 3 heteroatoms. The average Bonchev–Trinajstić information content (AvgIpc) is 2.22. The van der Waals surface area contributed by atoms with Crippen molar-refractivity contribution >= 4 is 0 Å². The van der Waals surface area contributed by atoms with Gasteiger partial charge in [-0.15, -0.1) is 0 Å². The fourth-order valence-corrected chi connectivity index (χ4v) is 1.45. The number of hydrogen-bond acceptors (Lipinski definition) is 2. The highest BCUT2D eigenvalue weighted by atomic mass is 16.1. The highest BCUT2D eigenvalue weighted by Crippen LogP contribution is 2.14. The summed E-state index contributed by atoms with van der Waals surface area (Å²) in [5.74, 6) is 0. The lowest BCUT2D eigenvalue weighted by molar-refractivity contribution is 0.861. The maximum atomic E-state index is 11.2. The molecule has 0 N–H and O–H groups in total. The summed E-state index contributed by atoms with van der Waals surface area (Å²) in [7, 11) is 1.74. The Bertz CT molecular complexity index is 543. The Morgan fingerprint density at radius 1 is 1.20 bits per heavy atom. The summed E-state index contributed by atoms with van der Waals surface area (Å²) in [5.41, 5.74) is 2.82. The van der Waals surface area contributed by atoms with Gasteiger partial charge in [0.05, 0.1) is 5.69 Å². The lowest BCUT2D eigenvalue weighted by Gasteiger charge is -2.03. The van der Waals surface area contributed by atoms with Crippen LogP contribution in [0.2, 0.25) is 0 Å². The standard InChI is InChI=1S/C12H12N2O/c1-9-4-3-5-11(13-9)10-6-7-12(15)14(2)8-10/h3-8H,1-2H3. The lowest BCUT2D eigenvalue weighted by atomic mass is 10.2. The average molecular weight is 200 g/mol. The molecule has 0 bridgehead atoms. The third-order valence-electron chi connectivity index (χ3n) is 2.27. The first-order valence-electron chi connectivity index (χ1n) is 4.77. The van der Waals surface area contributed by atoms with E-state index in [1.54, 1.807) is 29.9 Å². The van der Waals surface area contributed by atoms with Gasteiger partial charge in [-0.2, -0.15) is 0 Å². The predicted molar refractivity (Wildman–Crippen MR) is 59.7 cm³/mol. The van der Waals surface area contributed by atoms with Crippen molar-refractivity contribution in [3.63, 3.8) is 0 Å². The van der Waals surface area contributed by atoms with Crippen LogP contribution in [0.15, 0.2) is 41.3 Å². The van der Waals surface area contributed by atoms with Crippen molar-refractivity contribution in [3.05, 3.63) is 52.6 Å². The van der Waals surface area contributed by atoms with Gasteiger partial charge in [0.1, 0.15) is 0 Å². The first-order valence-corrected chi connectivity index (χ1v) is 4.77. The van der Waals surface area contributed by atoms with E-state index in [1.165, 1.54) is 0 Å². The van der Waals surface area contributed by atoms with E-state index in [0.29, 0.717) is 0 Å². The minimum Gasteiger partial charge on any atom is -0.318 e. The minimum absolute atomic E-state index is 0.00796. The molecule has 0 fully saturated rings. The molecule has 0 saturated carbocycles. The molecule has 2 rings (SSSR count). The maximum absolute atomic E-state index is 11.2. The molecule has 2 heterocycles. The molecule has 0 aromatic carbocycles. The van der Waals surface area contributed by atoms with Crippen LogP contribution >= 0.6 is 0 Å². The molecular weight excluding hydrogens is 188 g/mol. The molecule has 0 atom stereocenters. The highest BCUT2D eigenvalue weighted by molar-refractivity contribution is 5.57. The van der Waals surface area contributed by atoms with Crippen LogP contribution < -0.4 is 5.56 Å². The Kier molecular flexibility index (Phi) is 2.37. The monoisotopic (exact) mass is 200 g/mol. The summed E-state index contributed by atoms with van der Waals surface area (Å²) in [6.07, 6.45) is 1.80. The third-order valence-corrected chi connectivity index (χ3v) is 2.27. The zero-order chi connectivity index (χ0) is 10.8. The zero-order valence-corrected chi connectivity index (χ0v) is 8.77. The fourth-order valence-electron chi connectivity index (χ4n) is 1.45. The number of hydrogen-bond donors (Lipinski definition) is 0. The summed E-state index contributed by atoms with van der Waals surface area (Å²) in [6, 6.07) is 9.20. The Morgan fingerprint density at radius 3 is 2.67 bits per heavy atom. The van der Waals surface area contributed by atoms with E-state index in [2.05, 4.69) is 4.98 Å². The van der Waals surface area contributed by atoms with Crippen LogP contribution in [0.5, 0.6) is 0 Å². The molecule has 0 aliphatic heterocycles. The Morgan fingerprint density at radius 2 is 2.00 bits per heavy atom. The van der Waals surface area contributed by atoms with Gasteiger partial charge in [-0.05, 0) is 25.1 Å². The second-order valence-corrected chi connectivity index (χ2v) is 3.53. The highest BCUT2D eigenvalue weighted by Gasteiger charge is 2.00. The van der Waals surface area contributed by atoms with Gasteiger partial charge in [-0.1, -0.05) is 6.07 Å². The van der Waals surface area contributed by atoms with Crippen LogP contribution in [-0.4, -0.2) is 9.55 Å². The van der Waals surface area contributed by atoms with Crippen LogP contribution in [0.1, 0.15) is 5.69 Å². The summed E-state index contributed by atoms with van der Waals surface area (Å²) < 4.78 is 1.55. The molecule has 2 aromatic heterocycles. The smallest absolute Gasteiger partial charge is 0.250 e. The van der Waals surface area contributed by atoms with E-state index in [0.717, 1.165) is 17.0 Å². The number of nitrogens with zero attached hydrogens (tertiary/aromatic N) is 2. The van der Waals surface area contributed by atoms with Gasteiger partial charge in [0.25, 0.3) is 0 Å². The quantitative estimate of drug-likeness (QED) is 0.703. The molecular formula is C12H12N2O. The number of aryl methyl sites for hydroxylation is 2. The van der Waals surface area contributed by atoms with Crippen LogP contribution in [0, 0.1) is 6.92 Å². The third kappa shape index (κ3) is 1.96. The molecule has 3 nitrogen and oxygen atoms in total. The summed E-state index contributed by atoms with van der Waals surface area (Å²) >= 11 is 0. The van der Waals surface area contributed by atoms with E-state index in [1.807, 2.05) is 25.1 Å². The second kappa shape index (κ2) is 3.69. The van der Waals surface area contributed by atoms with Gasteiger partial charge < -0.3 is 4.57 Å². The van der Waals surface area contributed by atoms with Gasteiger partial charge in [0, 0.05) is 30.6 Å². The van der Waals surface area contributed by atoms with Crippen LogP contribution in [0.3, 0.4) is 0 Å². The molecule has 0 unspecified atom stereocenters. The fraction of sp³-hybridized carbons (Fsp3) is 0.167. The topological polar surface area (TPSA) is 34.9 Å². The number of pyridine rings is 2.